The van der Waals surface area contributed by atoms with Crippen molar-refractivity contribution in [3.63, 3.8) is 0 Å². The summed E-state index contributed by atoms with van der Waals surface area (Å²) in [6, 6.07) is 13.6. The number of amides is 1. The largest absolute Gasteiger partial charge is 0.348 e. The Morgan fingerprint density at radius 3 is 2.52 bits per heavy atom. The molecule has 0 spiro atoms. The first-order chi connectivity index (χ1) is 11.1. The zero-order valence-corrected chi connectivity index (χ0v) is 13.3. The van der Waals surface area contributed by atoms with Gasteiger partial charge in [-0.2, -0.15) is 0 Å². The molecule has 1 N–H and O–H groups in total. The highest BCUT2D eigenvalue weighted by Crippen LogP contribution is 2.41. The van der Waals surface area contributed by atoms with Crippen LogP contribution in [0, 0.1) is 17.6 Å². The van der Waals surface area contributed by atoms with Crippen molar-refractivity contribution in [3.8, 4) is 0 Å². The lowest BCUT2D eigenvalue weighted by molar-refractivity contribution is -0.119. The zero-order chi connectivity index (χ0) is 16.2. The Labute approximate surface area is 138 Å². The number of halogens is 2. The fourth-order valence-electron chi connectivity index (χ4n) is 2.49. The molecular formula is C18H17F2NOS. The molecule has 2 aromatic carbocycles. The van der Waals surface area contributed by atoms with Gasteiger partial charge in [0, 0.05) is 4.90 Å². The van der Waals surface area contributed by atoms with Crippen molar-refractivity contribution < 1.29 is 13.6 Å². The average molecular weight is 333 g/mol. The van der Waals surface area contributed by atoms with E-state index in [1.807, 2.05) is 30.3 Å². The summed E-state index contributed by atoms with van der Waals surface area (Å²) in [5, 5.41) is 3.06. The molecule has 1 atom stereocenters. The molecule has 2 nitrogen and oxygen atoms in total. The number of hydrogen-bond acceptors (Lipinski definition) is 2. The Morgan fingerprint density at radius 2 is 1.87 bits per heavy atom. The Kier molecular flexibility index (Phi) is 4.96. The molecule has 0 radical (unpaired) electrons. The number of benzene rings is 2. The fourth-order valence-corrected chi connectivity index (χ4v) is 3.23. The van der Waals surface area contributed by atoms with Crippen LogP contribution in [0.5, 0.6) is 0 Å². The summed E-state index contributed by atoms with van der Waals surface area (Å²) in [6.45, 7) is 0. The molecule has 5 heteroatoms. The van der Waals surface area contributed by atoms with Crippen molar-refractivity contribution in [1.82, 2.24) is 5.32 Å². The molecule has 2 aromatic rings. The van der Waals surface area contributed by atoms with Gasteiger partial charge in [-0.05, 0) is 42.5 Å². The maximum atomic E-state index is 13.2. The summed E-state index contributed by atoms with van der Waals surface area (Å²) >= 11 is 1.20. The third kappa shape index (κ3) is 4.32. The quantitative estimate of drug-likeness (QED) is 0.798. The molecule has 1 fully saturated rings. The van der Waals surface area contributed by atoms with Crippen LogP contribution in [0.2, 0.25) is 0 Å². The van der Waals surface area contributed by atoms with E-state index in [-0.39, 0.29) is 17.7 Å². The van der Waals surface area contributed by atoms with Crippen LogP contribution in [0.25, 0.3) is 0 Å². The summed E-state index contributed by atoms with van der Waals surface area (Å²) < 4.78 is 26.0. The molecule has 1 aliphatic rings. The van der Waals surface area contributed by atoms with Gasteiger partial charge < -0.3 is 5.32 Å². The predicted octanol–water partition coefficient (Wildman–Crippen LogP) is 4.32. The number of thioether (sulfide) groups is 1. The van der Waals surface area contributed by atoms with E-state index < -0.39 is 11.6 Å². The highest BCUT2D eigenvalue weighted by Gasteiger charge is 2.33. The van der Waals surface area contributed by atoms with Crippen LogP contribution in [0.3, 0.4) is 0 Å². The number of nitrogens with one attached hydrogen (secondary N) is 1. The molecule has 1 saturated carbocycles. The van der Waals surface area contributed by atoms with Crippen LogP contribution in [-0.4, -0.2) is 11.7 Å². The number of carbonyl (C=O) groups excluding carboxylic acids is 1. The highest BCUT2D eigenvalue weighted by molar-refractivity contribution is 8.00. The third-order valence-corrected chi connectivity index (χ3v) is 4.82. The topological polar surface area (TPSA) is 29.1 Å². The molecule has 0 aromatic heterocycles. The summed E-state index contributed by atoms with van der Waals surface area (Å²) in [6.07, 6.45) is 2.24. The van der Waals surface area contributed by atoms with Gasteiger partial charge in [0.25, 0.3) is 0 Å². The van der Waals surface area contributed by atoms with Crippen molar-refractivity contribution in [1.29, 1.82) is 0 Å². The maximum Gasteiger partial charge on any atom is 0.230 e. The van der Waals surface area contributed by atoms with Crippen molar-refractivity contribution in [2.45, 2.75) is 23.8 Å². The van der Waals surface area contributed by atoms with Crippen LogP contribution in [-0.2, 0) is 4.79 Å². The number of carbonyl (C=O) groups is 1. The maximum absolute atomic E-state index is 13.2. The third-order valence-electron chi connectivity index (χ3n) is 3.83. The average Bonchev–Trinajstić information content (AvgIpc) is 3.39. The molecule has 23 heavy (non-hydrogen) atoms. The van der Waals surface area contributed by atoms with Crippen molar-refractivity contribution in [2.24, 2.45) is 5.92 Å². The molecule has 3 rings (SSSR count). The standard InChI is InChI=1S/C18H17F2NOS/c19-15-9-8-14(10-16(15)20)23-11-17(22)21-18(13-6-7-13)12-4-2-1-3-5-12/h1-5,8-10,13,18H,6-7,11H2,(H,21,22)/t18-/m1/s1. The molecular weight excluding hydrogens is 316 g/mol. The molecule has 1 amide bonds. The van der Waals surface area contributed by atoms with Gasteiger partial charge in [-0.3, -0.25) is 4.79 Å². The molecule has 1 aliphatic carbocycles. The molecule has 120 valence electrons. The van der Waals surface area contributed by atoms with Gasteiger partial charge in [0.15, 0.2) is 11.6 Å². The minimum absolute atomic E-state index is 0.0363. The summed E-state index contributed by atoms with van der Waals surface area (Å²) in [5.41, 5.74) is 1.11. The van der Waals surface area contributed by atoms with Gasteiger partial charge in [-0.25, -0.2) is 8.78 Å². The number of hydrogen-bond donors (Lipinski definition) is 1. The first kappa shape index (κ1) is 16.0. The van der Waals surface area contributed by atoms with Crippen molar-refractivity contribution in [2.75, 3.05) is 5.75 Å². The Balaban J connectivity index is 1.58. The van der Waals surface area contributed by atoms with E-state index in [2.05, 4.69) is 5.32 Å². The monoisotopic (exact) mass is 333 g/mol. The fraction of sp³-hybridized carbons (Fsp3) is 0.278. The van der Waals surface area contributed by atoms with Gasteiger partial charge in [0.1, 0.15) is 0 Å². The molecule has 0 unspecified atom stereocenters. The van der Waals surface area contributed by atoms with E-state index in [1.54, 1.807) is 0 Å². The van der Waals surface area contributed by atoms with Crippen molar-refractivity contribution >= 4 is 17.7 Å². The molecule has 0 aliphatic heterocycles. The van der Waals surface area contributed by atoms with E-state index in [0.717, 1.165) is 30.5 Å². The second-order valence-corrected chi connectivity index (χ2v) is 6.71. The van der Waals surface area contributed by atoms with Crippen molar-refractivity contribution in [3.05, 3.63) is 65.7 Å². The van der Waals surface area contributed by atoms with Gasteiger partial charge >= 0.3 is 0 Å². The van der Waals surface area contributed by atoms with E-state index in [1.165, 1.54) is 17.8 Å². The minimum Gasteiger partial charge on any atom is -0.348 e. The second-order valence-electron chi connectivity index (χ2n) is 5.66. The SMILES string of the molecule is O=C(CSc1ccc(F)c(F)c1)N[C@H](c1ccccc1)C1CC1. The number of rotatable bonds is 6. The first-order valence-corrected chi connectivity index (χ1v) is 8.54. The van der Waals surface area contributed by atoms with Crippen LogP contribution < -0.4 is 5.32 Å². The molecule has 0 bridgehead atoms. The minimum atomic E-state index is -0.893. The zero-order valence-electron chi connectivity index (χ0n) is 12.5. The smallest absolute Gasteiger partial charge is 0.230 e. The normalized spacial score (nSPS) is 15.2. The second kappa shape index (κ2) is 7.13. The Morgan fingerprint density at radius 1 is 1.13 bits per heavy atom. The van der Waals surface area contributed by atoms with Gasteiger partial charge in [-0.1, -0.05) is 30.3 Å². The van der Waals surface area contributed by atoms with Crippen LogP contribution in [0.1, 0.15) is 24.4 Å². The molecule has 0 heterocycles. The van der Waals surface area contributed by atoms with Gasteiger partial charge in [0.2, 0.25) is 5.91 Å². The predicted molar refractivity (Wildman–Crippen MR) is 87.1 cm³/mol. The van der Waals surface area contributed by atoms with E-state index in [4.69, 9.17) is 0 Å². The van der Waals surface area contributed by atoms with E-state index in [9.17, 15) is 13.6 Å². The highest BCUT2D eigenvalue weighted by atomic mass is 32.2. The Hall–Kier alpha value is -1.88. The van der Waals surface area contributed by atoms with Crippen LogP contribution in [0.4, 0.5) is 8.78 Å². The van der Waals surface area contributed by atoms with E-state index in [0.29, 0.717) is 10.8 Å². The lowest BCUT2D eigenvalue weighted by Gasteiger charge is -2.18. The lowest BCUT2D eigenvalue weighted by Crippen LogP contribution is -2.31. The first-order valence-electron chi connectivity index (χ1n) is 7.55. The summed E-state index contributed by atoms with van der Waals surface area (Å²) in [5.74, 6) is -1.19. The van der Waals surface area contributed by atoms with Gasteiger partial charge in [-0.15, -0.1) is 11.8 Å². The summed E-state index contributed by atoms with van der Waals surface area (Å²) in [4.78, 5) is 12.7. The lowest BCUT2D eigenvalue weighted by atomic mass is 10.0. The van der Waals surface area contributed by atoms with Crippen LogP contribution in [0.15, 0.2) is 53.4 Å². The van der Waals surface area contributed by atoms with Gasteiger partial charge in [0.05, 0.1) is 11.8 Å². The van der Waals surface area contributed by atoms with E-state index >= 15 is 0 Å². The summed E-state index contributed by atoms with van der Waals surface area (Å²) in [7, 11) is 0. The Bertz CT molecular complexity index is 689. The molecule has 0 saturated heterocycles. The van der Waals surface area contributed by atoms with Crippen LogP contribution >= 0.6 is 11.8 Å².